The molecule has 2 aliphatic rings. The molecule has 0 saturated carbocycles. The third kappa shape index (κ3) is 3.51. The van der Waals surface area contributed by atoms with Crippen molar-refractivity contribution >= 4 is 11.9 Å². The van der Waals surface area contributed by atoms with Crippen LogP contribution in [0.5, 0.6) is 0 Å². The minimum atomic E-state index is -1.25. The summed E-state index contributed by atoms with van der Waals surface area (Å²) in [5.74, 6) is -3.19. The fraction of sp³-hybridized carbons (Fsp3) is 0.231. The summed E-state index contributed by atoms with van der Waals surface area (Å²) in [6.45, 7) is 0.668. The van der Waals surface area contributed by atoms with Gasteiger partial charge in [0.2, 0.25) is 0 Å². The van der Waals surface area contributed by atoms with E-state index in [2.05, 4.69) is 17.4 Å². The molecule has 3 aromatic rings. The smallest absolute Gasteiger partial charge is 0.321 e. The minimum absolute atomic E-state index is 0.0918. The Labute approximate surface area is 180 Å². The Morgan fingerprint density at radius 2 is 1.48 bits per heavy atom. The average Bonchev–Trinajstić information content (AvgIpc) is 3.11. The molecule has 1 heterocycles. The van der Waals surface area contributed by atoms with Crippen LogP contribution < -0.4 is 5.32 Å². The standard InChI is InChI=1S/C26H23NO4/c28-25(29)24(23-13-16-7-1-2-8-17(16)14-27-23)26(30)31-15-22-20-11-5-3-9-18(20)19-10-4-6-12-21(19)22/h1-12,22-24,27H,13-15H2,(H,28,29)/t23-,24?/m0/s1. The second-order valence-corrected chi connectivity index (χ2v) is 8.13. The number of esters is 1. The van der Waals surface area contributed by atoms with E-state index in [-0.39, 0.29) is 12.5 Å². The maximum Gasteiger partial charge on any atom is 0.321 e. The molecule has 0 fully saturated rings. The fourth-order valence-electron chi connectivity index (χ4n) is 4.85. The number of fused-ring (bicyclic) bond motifs is 4. The van der Waals surface area contributed by atoms with Gasteiger partial charge < -0.3 is 15.2 Å². The predicted octanol–water partition coefficient (Wildman–Crippen LogP) is 3.76. The largest absolute Gasteiger partial charge is 0.481 e. The van der Waals surface area contributed by atoms with Crippen LogP contribution in [0, 0.1) is 5.92 Å². The zero-order valence-corrected chi connectivity index (χ0v) is 17.0. The Balaban J connectivity index is 1.34. The average molecular weight is 413 g/mol. The van der Waals surface area contributed by atoms with E-state index in [1.165, 1.54) is 0 Å². The van der Waals surface area contributed by atoms with Gasteiger partial charge in [-0.1, -0.05) is 72.8 Å². The molecule has 1 unspecified atom stereocenters. The zero-order chi connectivity index (χ0) is 21.4. The van der Waals surface area contributed by atoms with Crippen LogP contribution in [-0.4, -0.2) is 29.7 Å². The van der Waals surface area contributed by atoms with E-state index in [0.717, 1.165) is 33.4 Å². The number of carbonyl (C=O) groups excluding carboxylic acids is 1. The van der Waals surface area contributed by atoms with E-state index < -0.39 is 23.9 Å². The lowest BCUT2D eigenvalue weighted by Crippen LogP contribution is -2.48. The fourth-order valence-corrected chi connectivity index (χ4v) is 4.85. The van der Waals surface area contributed by atoms with Crippen molar-refractivity contribution in [2.75, 3.05) is 6.61 Å². The molecule has 5 rings (SSSR count). The number of aliphatic carboxylic acids is 1. The van der Waals surface area contributed by atoms with E-state index in [1.54, 1.807) is 0 Å². The van der Waals surface area contributed by atoms with E-state index in [4.69, 9.17) is 4.74 Å². The Morgan fingerprint density at radius 3 is 2.13 bits per heavy atom. The van der Waals surface area contributed by atoms with Gasteiger partial charge in [-0.15, -0.1) is 0 Å². The highest BCUT2D eigenvalue weighted by Crippen LogP contribution is 2.44. The topological polar surface area (TPSA) is 75.6 Å². The van der Waals surface area contributed by atoms with E-state index in [1.807, 2.05) is 60.7 Å². The van der Waals surface area contributed by atoms with E-state index >= 15 is 0 Å². The molecule has 0 aromatic heterocycles. The lowest BCUT2D eigenvalue weighted by molar-refractivity contribution is -0.160. The second-order valence-electron chi connectivity index (χ2n) is 8.13. The van der Waals surface area contributed by atoms with Gasteiger partial charge in [0.05, 0.1) is 0 Å². The highest BCUT2D eigenvalue weighted by molar-refractivity contribution is 5.95. The molecule has 5 nitrogen and oxygen atoms in total. The maximum atomic E-state index is 12.9. The molecule has 2 N–H and O–H groups in total. The molecule has 0 amide bonds. The first kappa shape index (κ1) is 19.5. The molecule has 1 aliphatic carbocycles. The van der Waals surface area contributed by atoms with Crippen LogP contribution >= 0.6 is 0 Å². The SMILES string of the molecule is O=C(O)C(C(=O)OCC1c2ccccc2-c2ccccc21)[C@@H]1Cc2ccccc2CN1. The van der Waals surface area contributed by atoms with Crippen LogP contribution in [0.3, 0.4) is 0 Å². The Hall–Kier alpha value is -3.44. The summed E-state index contributed by atoms with van der Waals surface area (Å²) in [4.78, 5) is 24.9. The highest BCUT2D eigenvalue weighted by Gasteiger charge is 2.39. The first-order chi connectivity index (χ1) is 15.1. The number of benzene rings is 3. The van der Waals surface area contributed by atoms with Gasteiger partial charge in [-0.3, -0.25) is 9.59 Å². The Morgan fingerprint density at radius 1 is 0.903 bits per heavy atom. The van der Waals surface area contributed by atoms with Crippen molar-refractivity contribution in [3.05, 3.63) is 95.1 Å². The summed E-state index contributed by atoms with van der Waals surface area (Å²) in [6.07, 6.45) is 0.483. The summed E-state index contributed by atoms with van der Waals surface area (Å²) < 4.78 is 5.64. The van der Waals surface area contributed by atoms with Gasteiger partial charge in [0.1, 0.15) is 6.61 Å². The van der Waals surface area contributed by atoms with Crippen molar-refractivity contribution in [1.82, 2.24) is 5.32 Å². The lowest BCUT2D eigenvalue weighted by Gasteiger charge is -2.29. The molecule has 1 aliphatic heterocycles. The van der Waals surface area contributed by atoms with Gasteiger partial charge in [-0.2, -0.15) is 0 Å². The number of carboxylic acids is 1. The molecule has 0 radical (unpaired) electrons. The third-order valence-corrected chi connectivity index (χ3v) is 6.39. The molecular weight excluding hydrogens is 390 g/mol. The van der Waals surface area contributed by atoms with Gasteiger partial charge in [-0.05, 0) is 39.8 Å². The molecule has 3 aromatic carbocycles. The van der Waals surface area contributed by atoms with Crippen LogP contribution in [0.4, 0.5) is 0 Å². The van der Waals surface area contributed by atoms with Gasteiger partial charge in [0.25, 0.3) is 0 Å². The zero-order valence-electron chi connectivity index (χ0n) is 17.0. The molecule has 0 bridgehead atoms. The Bertz CT molecular complexity index is 1110. The number of carbonyl (C=O) groups is 2. The van der Waals surface area contributed by atoms with Crippen molar-refractivity contribution in [2.45, 2.75) is 24.9 Å². The summed E-state index contributed by atoms with van der Waals surface area (Å²) in [5.41, 5.74) is 6.69. The molecule has 31 heavy (non-hydrogen) atoms. The van der Waals surface area contributed by atoms with Gasteiger partial charge in [0, 0.05) is 18.5 Å². The van der Waals surface area contributed by atoms with Crippen molar-refractivity contribution in [2.24, 2.45) is 5.92 Å². The minimum Gasteiger partial charge on any atom is -0.481 e. The number of rotatable bonds is 5. The van der Waals surface area contributed by atoms with Crippen molar-refractivity contribution in [1.29, 1.82) is 0 Å². The number of carboxylic acid groups (broad SMARTS) is 1. The van der Waals surface area contributed by atoms with E-state index in [0.29, 0.717) is 13.0 Å². The molecule has 0 spiro atoms. The lowest BCUT2D eigenvalue weighted by atomic mass is 9.88. The van der Waals surface area contributed by atoms with Gasteiger partial charge in [0.15, 0.2) is 5.92 Å². The van der Waals surface area contributed by atoms with Gasteiger partial charge >= 0.3 is 11.9 Å². The highest BCUT2D eigenvalue weighted by atomic mass is 16.5. The van der Waals surface area contributed by atoms with Crippen molar-refractivity contribution in [3.8, 4) is 11.1 Å². The summed E-state index contributed by atoms with van der Waals surface area (Å²) >= 11 is 0. The van der Waals surface area contributed by atoms with Gasteiger partial charge in [-0.25, -0.2) is 0 Å². The van der Waals surface area contributed by atoms with Crippen LogP contribution in [-0.2, 0) is 27.3 Å². The first-order valence-electron chi connectivity index (χ1n) is 10.5. The van der Waals surface area contributed by atoms with Crippen molar-refractivity contribution < 1.29 is 19.4 Å². The molecular formula is C26H23NO4. The van der Waals surface area contributed by atoms with Crippen LogP contribution in [0.1, 0.15) is 28.2 Å². The Kier molecular flexibility index (Phi) is 5.04. The summed E-state index contributed by atoms with van der Waals surface area (Å²) in [6, 6.07) is 23.6. The quantitative estimate of drug-likeness (QED) is 0.492. The van der Waals surface area contributed by atoms with Crippen LogP contribution in [0.15, 0.2) is 72.8 Å². The maximum absolute atomic E-state index is 12.9. The third-order valence-electron chi connectivity index (χ3n) is 6.39. The van der Waals surface area contributed by atoms with E-state index in [9.17, 15) is 14.7 Å². The predicted molar refractivity (Wildman–Crippen MR) is 117 cm³/mol. The molecule has 5 heteroatoms. The van der Waals surface area contributed by atoms with Crippen LogP contribution in [0.2, 0.25) is 0 Å². The monoisotopic (exact) mass is 413 g/mol. The first-order valence-corrected chi connectivity index (χ1v) is 10.5. The molecule has 0 saturated heterocycles. The number of hydrogen-bond donors (Lipinski definition) is 2. The molecule has 156 valence electrons. The van der Waals surface area contributed by atoms with Crippen LogP contribution in [0.25, 0.3) is 11.1 Å². The van der Waals surface area contributed by atoms with Crippen molar-refractivity contribution in [3.63, 3.8) is 0 Å². The second kappa shape index (κ2) is 8.00. The number of nitrogens with one attached hydrogen (secondary N) is 1. The number of ether oxygens (including phenoxy) is 1. The normalized spacial score (nSPS) is 17.9. The summed E-state index contributed by atoms with van der Waals surface area (Å²) in [7, 11) is 0. The number of hydrogen-bond acceptors (Lipinski definition) is 4. The molecule has 2 atom stereocenters. The summed E-state index contributed by atoms with van der Waals surface area (Å²) in [5, 5.41) is 13.0.